The Hall–Kier alpha value is -2.30. The van der Waals surface area contributed by atoms with Crippen LogP contribution in [0.25, 0.3) is 0 Å². The molecule has 1 aromatic heterocycles. The molecule has 3 unspecified atom stereocenters. The normalized spacial score (nSPS) is 24.6. The van der Waals surface area contributed by atoms with Crippen molar-refractivity contribution in [2.24, 2.45) is 0 Å². The molecule has 152 valence electrons. The summed E-state index contributed by atoms with van der Waals surface area (Å²) in [5.74, 6) is -0.992. The average Bonchev–Trinajstić information content (AvgIpc) is 2.89. The predicted molar refractivity (Wildman–Crippen MR) is 108 cm³/mol. The third kappa shape index (κ3) is 3.56. The summed E-state index contributed by atoms with van der Waals surface area (Å²) in [6.45, 7) is 3.60. The number of benzene rings is 1. The van der Waals surface area contributed by atoms with Gasteiger partial charge in [0, 0.05) is 4.75 Å². The number of nitrogens with one attached hydrogen (secondary N) is 1. The quantitative estimate of drug-likeness (QED) is 0.655. The molecular formula is C17H15Cl2N5O4S. The molecule has 0 radical (unpaired) electrons. The van der Waals surface area contributed by atoms with E-state index in [0.717, 1.165) is 0 Å². The van der Waals surface area contributed by atoms with E-state index in [1.165, 1.54) is 16.7 Å². The molecule has 0 bridgehead atoms. The number of carboxylic acid groups (broad SMARTS) is 1. The Morgan fingerprint density at radius 1 is 1.28 bits per heavy atom. The number of para-hydroxylation sites is 1. The summed E-state index contributed by atoms with van der Waals surface area (Å²) < 4.78 is 4.93. The third-order valence-corrected chi connectivity index (χ3v) is 6.64. The Labute approximate surface area is 179 Å². The molecule has 1 amide bonds. The first kappa shape index (κ1) is 20.0. The molecule has 29 heavy (non-hydrogen) atoms. The number of β-lactam (4-membered cyclic amide) rings is 1. The van der Waals surface area contributed by atoms with Crippen molar-refractivity contribution in [2.45, 2.75) is 36.1 Å². The van der Waals surface area contributed by atoms with E-state index in [1.54, 1.807) is 38.1 Å². The van der Waals surface area contributed by atoms with Crippen molar-refractivity contribution in [1.82, 2.24) is 19.9 Å². The minimum atomic E-state index is -1.03. The fraction of sp³-hybridized carbons (Fsp3) is 0.353. The first-order chi connectivity index (χ1) is 13.7. The van der Waals surface area contributed by atoms with Gasteiger partial charge in [-0.1, -0.05) is 23.7 Å². The standard InChI is InChI=1S/C17H15Cl2N5O4S/c1-17(2)10(13(26)27)24-11(25)9(12(24)29-17)20-15-21-14(19)22-16(23-15)28-8-6-4-3-5-7(8)18/h3-6,9-10,12H,1-2H3,(H,26,27)(H,20,21,22,23). The molecule has 0 spiro atoms. The maximum absolute atomic E-state index is 12.6. The van der Waals surface area contributed by atoms with Crippen molar-refractivity contribution in [1.29, 1.82) is 0 Å². The fourth-order valence-corrected chi connectivity index (χ4v) is 5.30. The Morgan fingerprint density at radius 2 is 2.00 bits per heavy atom. The van der Waals surface area contributed by atoms with Gasteiger partial charge in [-0.3, -0.25) is 4.79 Å². The fourth-order valence-electron chi connectivity index (χ4n) is 3.35. The number of halogens is 2. The number of carboxylic acids is 1. The Morgan fingerprint density at radius 3 is 2.69 bits per heavy atom. The largest absolute Gasteiger partial charge is 0.480 e. The van der Waals surface area contributed by atoms with Gasteiger partial charge < -0.3 is 20.1 Å². The molecule has 9 nitrogen and oxygen atoms in total. The van der Waals surface area contributed by atoms with Crippen LogP contribution in [0.15, 0.2) is 24.3 Å². The first-order valence-corrected chi connectivity index (χ1v) is 10.1. The second-order valence-corrected chi connectivity index (χ2v) is 9.48. The van der Waals surface area contributed by atoms with Gasteiger partial charge in [0.15, 0.2) is 0 Å². The number of aromatic nitrogens is 3. The number of carbonyl (C=O) groups excluding carboxylic acids is 1. The van der Waals surface area contributed by atoms with Crippen LogP contribution < -0.4 is 10.1 Å². The Kier molecular flexibility index (Phi) is 4.96. The lowest BCUT2D eigenvalue weighted by molar-refractivity contribution is -0.158. The van der Waals surface area contributed by atoms with Gasteiger partial charge >= 0.3 is 12.0 Å². The topological polar surface area (TPSA) is 118 Å². The number of ether oxygens (including phenoxy) is 1. The highest BCUT2D eigenvalue weighted by Gasteiger charge is 2.64. The van der Waals surface area contributed by atoms with Gasteiger partial charge in [-0.15, -0.1) is 11.8 Å². The van der Waals surface area contributed by atoms with Crippen LogP contribution in [0.4, 0.5) is 5.95 Å². The summed E-state index contributed by atoms with van der Waals surface area (Å²) >= 11 is 13.4. The summed E-state index contributed by atoms with van der Waals surface area (Å²) in [4.78, 5) is 37.6. The third-order valence-electron chi connectivity index (χ3n) is 4.59. The number of hydrogen-bond acceptors (Lipinski definition) is 8. The minimum Gasteiger partial charge on any atom is -0.480 e. The van der Waals surface area contributed by atoms with Crippen LogP contribution in [-0.4, -0.2) is 59.0 Å². The summed E-state index contributed by atoms with van der Waals surface area (Å²) in [6, 6.07) is 5.11. The average molecular weight is 456 g/mol. The maximum atomic E-state index is 12.6. The van der Waals surface area contributed by atoms with Crippen molar-refractivity contribution in [3.63, 3.8) is 0 Å². The molecule has 0 aliphatic carbocycles. The van der Waals surface area contributed by atoms with E-state index in [-0.39, 0.29) is 28.5 Å². The molecule has 1 aromatic carbocycles. The smallest absolute Gasteiger partial charge is 0.328 e. The van der Waals surface area contributed by atoms with E-state index in [0.29, 0.717) is 10.8 Å². The molecule has 3 atom stereocenters. The highest BCUT2D eigenvalue weighted by atomic mass is 35.5. The number of nitrogens with zero attached hydrogens (tertiary/aromatic N) is 4. The minimum absolute atomic E-state index is 0.0437. The number of rotatable bonds is 5. The van der Waals surface area contributed by atoms with Gasteiger partial charge in [-0.05, 0) is 37.6 Å². The van der Waals surface area contributed by atoms with E-state index in [9.17, 15) is 14.7 Å². The van der Waals surface area contributed by atoms with E-state index >= 15 is 0 Å². The second kappa shape index (κ2) is 7.19. The van der Waals surface area contributed by atoms with Gasteiger partial charge in [-0.2, -0.15) is 15.0 Å². The molecule has 2 saturated heterocycles. The number of amides is 1. The summed E-state index contributed by atoms with van der Waals surface area (Å²) in [5.41, 5.74) is 0. The first-order valence-electron chi connectivity index (χ1n) is 8.50. The van der Waals surface area contributed by atoms with E-state index < -0.39 is 22.8 Å². The maximum Gasteiger partial charge on any atom is 0.328 e. The molecule has 2 aliphatic heterocycles. The lowest BCUT2D eigenvalue weighted by Gasteiger charge is -2.43. The lowest BCUT2D eigenvalue weighted by Crippen LogP contribution is -2.68. The number of thioether (sulfide) groups is 1. The molecular weight excluding hydrogens is 441 g/mol. The van der Waals surface area contributed by atoms with Crippen LogP contribution in [0.1, 0.15) is 13.8 Å². The zero-order valence-electron chi connectivity index (χ0n) is 15.2. The van der Waals surface area contributed by atoms with E-state index in [4.69, 9.17) is 27.9 Å². The van der Waals surface area contributed by atoms with Crippen LogP contribution >= 0.6 is 35.0 Å². The van der Waals surface area contributed by atoms with E-state index in [2.05, 4.69) is 20.3 Å². The van der Waals surface area contributed by atoms with Crippen LogP contribution in [0.2, 0.25) is 10.3 Å². The number of aliphatic carboxylic acids is 1. The highest BCUT2D eigenvalue weighted by molar-refractivity contribution is 8.01. The Balaban J connectivity index is 1.54. The SMILES string of the molecule is CC1(C)SC2C(Nc3nc(Cl)nc(Oc4ccccc4Cl)n3)C(=O)N2C1C(=O)O. The predicted octanol–water partition coefficient (Wildman–Crippen LogP) is 2.90. The molecule has 3 heterocycles. The van der Waals surface area contributed by atoms with Crippen molar-refractivity contribution >= 4 is 52.8 Å². The van der Waals surface area contributed by atoms with Gasteiger partial charge in [0.1, 0.15) is 23.2 Å². The zero-order valence-corrected chi connectivity index (χ0v) is 17.5. The molecule has 4 rings (SSSR count). The second-order valence-electron chi connectivity index (χ2n) is 6.96. The van der Waals surface area contributed by atoms with Crippen LogP contribution in [0.3, 0.4) is 0 Å². The summed E-state index contributed by atoms with van der Waals surface area (Å²) in [6.07, 6.45) is 0. The number of fused-ring (bicyclic) bond motifs is 1. The van der Waals surface area contributed by atoms with Crippen molar-refractivity contribution < 1.29 is 19.4 Å². The highest BCUT2D eigenvalue weighted by Crippen LogP contribution is 2.51. The zero-order chi connectivity index (χ0) is 20.9. The number of carbonyl (C=O) groups is 2. The van der Waals surface area contributed by atoms with Crippen LogP contribution in [0, 0.1) is 0 Å². The van der Waals surface area contributed by atoms with Gasteiger partial charge in [0.2, 0.25) is 17.1 Å². The molecule has 2 aliphatic rings. The van der Waals surface area contributed by atoms with Gasteiger partial charge in [0.05, 0.1) is 5.02 Å². The monoisotopic (exact) mass is 455 g/mol. The van der Waals surface area contributed by atoms with Crippen molar-refractivity contribution in [2.75, 3.05) is 5.32 Å². The van der Waals surface area contributed by atoms with Gasteiger partial charge in [-0.25, -0.2) is 4.79 Å². The molecule has 12 heteroatoms. The van der Waals surface area contributed by atoms with E-state index in [1.807, 2.05) is 0 Å². The van der Waals surface area contributed by atoms with Crippen molar-refractivity contribution in [3.05, 3.63) is 34.6 Å². The molecule has 0 saturated carbocycles. The van der Waals surface area contributed by atoms with Crippen molar-refractivity contribution in [3.8, 4) is 11.8 Å². The Bertz CT molecular complexity index is 1010. The van der Waals surface area contributed by atoms with Crippen LogP contribution in [-0.2, 0) is 9.59 Å². The molecule has 2 fully saturated rings. The molecule has 2 aromatic rings. The summed E-state index contributed by atoms with van der Waals surface area (Å²) in [5, 5.41) is 12.3. The van der Waals surface area contributed by atoms with Crippen LogP contribution in [0.5, 0.6) is 11.8 Å². The number of anilines is 1. The number of hydrogen-bond donors (Lipinski definition) is 2. The summed E-state index contributed by atoms with van der Waals surface area (Å²) in [7, 11) is 0. The van der Waals surface area contributed by atoms with Gasteiger partial charge in [0.25, 0.3) is 0 Å². The lowest BCUT2D eigenvalue weighted by atomic mass is 9.96. The molecule has 2 N–H and O–H groups in total.